The predicted molar refractivity (Wildman–Crippen MR) is 256 cm³/mol. The van der Waals surface area contributed by atoms with E-state index in [1.807, 2.05) is 4.90 Å². The Morgan fingerprint density at radius 2 is 0.985 bits per heavy atom. The summed E-state index contributed by atoms with van der Waals surface area (Å²) in [7, 11) is 0. The van der Waals surface area contributed by atoms with E-state index in [1.54, 1.807) is 24.8 Å². The van der Waals surface area contributed by atoms with E-state index in [0.29, 0.717) is 81.7 Å². The number of anilines is 6. The lowest BCUT2D eigenvalue weighted by atomic mass is 10.3. The molecular weight excluding hydrogens is 871 g/mol. The van der Waals surface area contributed by atoms with E-state index in [9.17, 15) is 4.79 Å². The highest BCUT2D eigenvalue weighted by molar-refractivity contribution is 5.89. The van der Waals surface area contributed by atoms with Crippen LogP contribution < -0.4 is 42.1 Å². The van der Waals surface area contributed by atoms with Crippen LogP contribution in [-0.2, 0) is 27.4 Å². The molecule has 4 aliphatic heterocycles. The minimum atomic E-state index is -0.0167. The first-order chi connectivity index (χ1) is 33.4. The Hall–Kier alpha value is -6.63. The average molecular weight is 930 g/mol. The summed E-state index contributed by atoms with van der Waals surface area (Å²) >= 11 is 0. The lowest BCUT2D eigenvalue weighted by Crippen LogP contribution is -2.51. The van der Waals surface area contributed by atoms with Crippen molar-refractivity contribution in [1.29, 1.82) is 0 Å². The predicted octanol–water partition coefficient (Wildman–Crippen LogP) is 0.241. The number of piperazine rings is 2. The molecule has 24 nitrogen and oxygen atoms in total. The van der Waals surface area contributed by atoms with Crippen LogP contribution in [0.3, 0.4) is 0 Å². The normalized spacial score (nSPS) is 19.2. The molecule has 0 atom stereocenters. The van der Waals surface area contributed by atoms with Crippen molar-refractivity contribution in [1.82, 2.24) is 69.2 Å². The Balaban J connectivity index is 0.000000150. The van der Waals surface area contributed by atoms with Gasteiger partial charge in [0.25, 0.3) is 0 Å². The number of hydrogen-bond acceptors (Lipinski definition) is 21. The molecule has 6 aromatic heterocycles. The number of carbonyl (C=O) groups is 1. The molecule has 2 saturated carbocycles. The summed E-state index contributed by atoms with van der Waals surface area (Å²) in [6.07, 6.45) is 11.6. The van der Waals surface area contributed by atoms with Crippen LogP contribution in [0, 0.1) is 11.8 Å². The third-order valence-corrected chi connectivity index (χ3v) is 13.4. The summed E-state index contributed by atoms with van der Waals surface area (Å²) in [6, 6.07) is 0. The molecule has 1 amide bonds. The Bertz CT molecular complexity index is 2710. The number of rotatable bonds is 11. The molecule has 0 spiro atoms. The van der Waals surface area contributed by atoms with Crippen LogP contribution in [0.1, 0.15) is 25.7 Å². The fourth-order valence-corrected chi connectivity index (χ4v) is 9.19. The van der Waals surface area contributed by atoms with Gasteiger partial charge in [-0.2, -0.15) is 0 Å². The fourth-order valence-electron chi connectivity index (χ4n) is 9.19. The largest absolute Gasteiger partial charge is 0.378 e. The first-order valence-electron chi connectivity index (χ1n) is 23.9. The molecule has 358 valence electrons. The Morgan fingerprint density at radius 3 is 1.40 bits per heavy atom. The maximum absolute atomic E-state index is 12.1. The number of nitrogens with zero attached hydrogens (tertiary/aromatic N) is 17. The van der Waals surface area contributed by atoms with Gasteiger partial charge in [-0.1, -0.05) is 0 Å². The van der Waals surface area contributed by atoms with Crippen LogP contribution in [0.2, 0.25) is 0 Å². The standard InChI is InChI=1S/C23H31N11O2.C21H28N10O/c24-11-17(35)31-3-5-33(6-4-31)23-28-18-20(32-7-9-36-10-8-32)29-19(16-12-26-22(25)27-13-16)30-21(18)34(23)14-15-1-2-15;22-20-24-11-15(12-25-20)17-27-18(29-7-9-32-10-8-29)16-19(28-17)31(13-14-1-2-14)21(26-16)30-5-3-23-4-6-30/h12-13,15H,1-11,14,24H2,(H2,25,26,27);11-12,14,23H,1-10,13H2,(H2,22,24,25). The number of aromatic nitrogens is 12. The van der Waals surface area contributed by atoms with Gasteiger partial charge in [-0.15, -0.1) is 0 Å². The van der Waals surface area contributed by atoms with E-state index < -0.39 is 0 Å². The second kappa shape index (κ2) is 19.2. The van der Waals surface area contributed by atoms with Crippen molar-refractivity contribution >= 4 is 63.7 Å². The maximum Gasteiger partial charge on any atom is 0.236 e. The van der Waals surface area contributed by atoms with Gasteiger partial charge < -0.3 is 56.5 Å². The van der Waals surface area contributed by atoms with Crippen molar-refractivity contribution in [3.63, 3.8) is 0 Å². The monoisotopic (exact) mass is 930 g/mol. The molecule has 0 bridgehead atoms. The molecule has 2 aliphatic carbocycles. The number of amides is 1. The molecule has 6 aromatic rings. The summed E-state index contributed by atoms with van der Waals surface area (Å²) < 4.78 is 15.7. The smallest absolute Gasteiger partial charge is 0.236 e. The zero-order chi connectivity index (χ0) is 46.1. The summed E-state index contributed by atoms with van der Waals surface area (Å²) in [5.41, 5.74) is 21.8. The maximum atomic E-state index is 12.1. The zero-order valence-corrected chi connectivity index (χ0v) is 38.3. The summed E-state index contributed by atoms with van der Waals surface area (Å²) in [5, 5.41) is 3.44. The second-order valence-corrected chi connectivity index (χ2v) is 18.2. The van der Waals surface area contributed by atoms with Crippen LogP contribution in [0.4, 0.5) is 35.4 Å². The molecule has 10 heterocycles. The van der Waals surface area contributed by atoms with E-state index in [2.05, 4.69) is 54.0 Å². The van der Waals surface area contributed by atoms with Crippen LogP contribution >= 0.6 is 0 Å². The molecule has 7 N–H and O–H groups in total. The SMILES string of the molecule is NCC(=O)N1CCN(c2nc3c(N4CCOCC4)nc(-c4cnc(N)nc4)nc3n2CC2CC2)CC1.Nc1ncc(-c2nc(N3CCOCC3)c3nc(N4CCNCC4)n(CC4CC4)c3n2)cn1. The molecule has 6 fully saturated rings. The van der Waals surface area contributed by atoms with E-state index >= 15 is 0 Å². The highest BCUT2D eigenvalue weighted by atomic mass is 16.5. The van der Waals surface area contributed by atoms with E-state index in [1.165, 1.54) is 25.7 Å². The van der Waals surface area contributed by atoms with Crippen LogP contribution in [0.25, 0.3) is 45.1 Å². The third kappa shape index (κ3) is 9.31. The number of imidazole rings is 2. The van der Waals surface area contributed by atoms with Crippen LogP contribution in [0.5, 0.6) is 0 Å². The van der Waals surface area contributed by atoms with Gasteiger partial charge in [-0.3, -0.25) is 13.9 Å². The molecule has 6 aliphatic rings. The van der Waals surface area contributed by atoms with E-state index in [0.717, 1.165) is 117 Å². The number of nitrogen functional groups attached to an aromatic ring is 2. The number of carbonyl (C=O) groups excluding carboxylic acids is 1. The molecule has 0 aromatic carbocycles. The number of ether oxygens (including phenoxy) is 2. The van der Waals surface area contributed by atoms with E-state index in [4.69, 9.17) is 56.6 Å². The molecular formula is C44H59N21O3. The summed E-state index contributed by atoms with van der Waals surface area (Å²) in [6.45, 7) is 13.9. The third-order valence-electron chi connectivity index (χ3n) is 13.4. The molecule has 68 heavy (non-hydrogen) atoms. The number of fused-ring (bicyclic) bond motifs is 2. The van der Waals surface area contributed by atoms with Crippen molar-refractivity contribution in [2.75, 3.05) is 143 Å². The lowest BCUT2D eigenvalue weighted by Gasteiger charge is -2.35. The molecule has 24 heteroatoms. The highest BCUT2D eigenvalue weighted by Crippen LogP contribution is 2.38. The van der Waals surface area contributed by atoms with Gasteiger partial charge in [0.2, 0.25) is 29.7 Å². The lowest BCUT2D eigenvalue weighted by molar-refractivity contribution is -0.129. The summed E-state index contributed by atoms with van der Waals surface area (Å²) in [4.78, 5) is 69.8. The fraction of sp³-hybridized carbons (Fsp3) is 0.568. The zero-order valence-electron chi connectivity index (χ0n) is 38.3. The second-order valence-electron chi connectivity index (χ2n) is 18.2. The number of nitrogens with two attached hydrogens (primary N) is 3. The van der Waals surface area contributed by atoms with Gasteiger partial charge in [0, 0.05) is 116 Å². The van der Waals surface area contributed by atoms with Gasteiger partial charge in [0.1, 0.15) is 0 Å². The number of morpholine rings is 2. The first kappa shape index (κ1) is 43.9. The Labute approximate surface area is 392 Å². The summed E-state index contributed by atoms with van der Waals surface area (Å²) in [5.74, 6) is 6.42. The van der Waals surface area contributed by atoms with Crippen LogP contribution in [0.15, 0.2) is 24.8 Å². The topological polar surface area (TPSA) is 281 Å². The molecule has 0 unspecified atom stereocenters. The van der Waals surface area contributed by atoms with Crippen molar-refractivity contribution < 1.29 is 14.3 Å². The first-order valence-corrected chi connectivity index (χ1v) is 23.9. The Morgan fingerprint density at radius 1 is 0.559 bits per heavy atom. The van der Waals surface area contributed by atoms with Gasteiger partial charge in [0.15, 0.2) is 45.6 Å². The molecule has 12 rings (SSSR count). The average Bonchev–Trinajstić information content (AvgIpc) is 4.33. The van der Waals surface area contributed by atoms with Gasteiger partial charge in [-0.25, -0.2) is 49.8 Å². The minimum absolute atomic E-state index is 0.0167. The highest BCUT2D eigenvalue weighted by Gasteiger charge is 2.33. The van der Waals surface area contributed by atoms with Gasteiger partial charge >= 0.3 is 0 Å². The van der Waals surface area contributed by atoms with Crippen molar-refractivity contribution in [2.24, 2.45) is 17.6 Å². The van der Waals surface area contributed by atoms with Gasteiger partial charge in [-0.05, 0) is 37.5 Å². The number of nitrogens with one attached hydrogen (secondary N) is 1. The number of hydrogen-bond donors (Lipinski definition) is 4. The Kier molecular flexibility index (Phi) is 12.4. The van der Waals surface area contributed by atoms with Crippen LogP contribution in [-0.4, -0.2) is 181 Å². The molecule has 0 radical (unpaired) electrons. The van der Waals surface area contributed by atoms with Crippen molar-refractivity contribution in [3.8, 4) is 22.8 Å². The van der Waals surface area contributed by atoms with Crippen molar-refractivity contribution in [3.05, 3.63) is 24.8 Å². The van der Waals surface area contributed by atoms with Crippen molar-refractivity contribution in [2.45, 2.75) is 38.8 Å². The van der Waals surface area contributed by atoms with E-state index in [-0.39, 0.29) is 24.3 Å². The quantitative estimate of drug-likeness (QED) is 0.135. The molecule has 4 saturated heterocycles. The van der Waals surface area contributed by atoms with Gasteiger partial charge in [0.05, 0.1) is 44.1 Å². The minimum Gasteiger partial charge on any atom is -0.378 e.